The first kappa shape index (κ1) is 16.1. The average molecular weight is 316 g/mol. The summed E-state index contributed by atoms with van der Waals surface area (Å²) in [4.78, 5) is 24.6. The van der Waals surface area contributed by atoms with Gasteiger partial charge in [0.1, 0.15) is 12.2 Å². The van der Waals surface area contributed by atoms with Gasteiger partial charge in [0, 0.05) is 9.79 Å². The van der Waals surface area contributed by atoms with E-state index in [0.717, 1.165) is 9.79 Å². The summed E-state index contributed by atoms with van der Waals surface area (Å²) in [6.45, 7) is 2.05. The van der Waals surface area contributed by atoms with E-state index in [4.69, 9.17) is 4.74 Å². The first-order valence-electron chi connectivity index (χ1n) is 6.69. The van der Waals surface area contributed by atoms with Crippen molar-refractivity contribution in [3.8, 4) is 5.75 Å². The summed E-state index contributed by atoms with van der Waals surface area (Å²) in [5.74, 6) is -0.843. The van der Waals surface area contributed by atoms with Crippen molar-refractivity contribution in [2.45, 2.75) is 23.1 Å². The van der Waals surface area contributed by atoms with Gasteiger partial charge in [0.25, 0.3) is 0 Å². The molecule has 0 bridgehead atoms. The molecule has 22 heavy (non-hydrogen) atoms. The smallest absolute Gasteiger partial charge is 0.322 e. The highest BCUT2D eigenvalue weighted by Gasteiger charge is 2.11. The first-order chi connectivity index (χ1) is 10.6. The van der Waals surface area contributed by atoms with Crippen molar-refractivity contribution in [1.82, 2.24) is 0 Å². The summed E-state index contributed by atoms with van der Waals surface area (Å²) < 4.78 is 9.47. The van der Waals surface area contributed by atoms with Crippen molar-refractivity contribution in [3.63, 3.8) is 0 Å². The predicted octanol–water partition coefficient (Wildman–Crippen LogP) is 3.61. The van der Waals surface area contributed by atoms with Gasteiger partial charge < -0.3 is 9.47 Å². The topological polar surface area (TPSA) is 52.6 Å². The van der Waals surface area contributed by atoms with Crippen LogP contribution < -0.4 is 4.74 Å². The van der Waals surface area contributed by atoms with E-state index in [-0.39, 0.29) is 0 Å². The molecule has 0 aliphatic heterocycles. The summed E-state index contributed by atoms with van der Waals surface area (Å²) in [6.07, 6.45) is -0.392. The molecule has 0 fully saturated rings. The zero-order valence-corrected chi connectivity index (χ0v) is 13.2. The van der Waals surface area contributed by atoms with E-state index in [1.807, 2.05) is 19.1 Å². The Kier molecular flexibility index (Phi) is 5.61. The highest BCUT2D eigenvalue weighted by molar-refractivity contribution is 7.99. The Morgan fingerprint density at radius 2 is 1.45 bits per heavy atom. The van der Waals surface area contributed by atoms with Crippen molar-refractivity contribution >= 4 is 23.7 Å². The maximum Gasteiger partial charge on any atom is 0.322 e. The summed E-state index contributed by atoms with van der Waals surface area (Å²) in [5.41, 5.74) is 1.22. The summed E-state index contributed by atoms with van der Waals surface area (Å²) in [6, 6.07) is 15.4. The van der Waals surface area contributed by atoms with Crippen LogP contribution in [0.2, 0.25) is 0 Å². The number of hydrogen-bond acceptors (Lipinski definition) is 5. The van der Waals surface area contributed by atoms with Crippen LogP contribution in [0.5, 0.6) is 5.75 Å². The fraction of sp³-hybridized carbons (Fsp3) is 0.176. The molecule has 114 valence electrons. The molecule has 0 saturated carbocycles. The number of ether oxygens (including phenoxy) is 2. The Bertz CT molecular complexity index is 647. The molecule has 4 nitrogen and oxygen atoms in total. The lowest BCUT2D eigenvalue weighted by molar-refractivity contribution is -0.148. The molecule has 0 atom stereocenters. The number of hydrogen-bond donors (Lipinski definition) is 0. The van der Waals surface area contributed by atoms with Crippen LogP contribution in [0.15, 0.2) is 58.3 Å². The zero-order chi connectivity index (χ0) is 15.9. The maximum atomic E-state index is 11.5. The average Bonchev–Trinajstić information content (AvgIpc) is 2.51. The Labute approximate surface area is 133 Å². The van der Waals surface area contributed by atoms with E-state index < -0.39 is 18.4 Å². The molecule has 0 N–H and O–H groups in total. The SMILES string of the molecule is COC(=O)CC(=O)Oc1ccc(Sc2ccc(C)cc2)cc1. The van der Waals surface area contributed by atoms with Gasteiger partial charge in [-0.2, -0.15) is 0 Å². The van der Waals surface area contributed by atoms with Crippen LogP contribution >= 0.6 is 11.8 Å². The molecular formula is C17H16O4S. The molecular weight excluding hydrogens is 300 g/mol. The van der Waals surface area contributed by atoms with E-state index >= 15 is 0 Å². The summed E-state index contributed by atoms with van der Waals surface area (Å²) in [5, 5.41) is 0. The molecule has 0 aliphatic rings. The molecule has 0 heterocycles. The van der Waals surface area contributed by atoms with Crippen LogP contribution in [-0.2, 0) is 14.3 Å². The van der Waals surface area contributed by atoms with Gasteiger partial charge in [-0.05, 0) is 43.3 Å². The second-order valence-electron chi connectivity index (χ2n) is 4.61. The van der Waals surface area contributed by atoms with Gasteiger partial charge in [-0.15, -0.1) is 0 Å². The van der Waals surface area contributed by atoms with Gasteiger partial charge in [-0.25, -0.2) is 0 Å². The van der Waals surface area contributed by atoms with Gasteiger partial charge in [-0.1, -0.05) is 29.5 Å². The molecule has 2 aromatic rings. The molecule has 0 aromatic heterocycles. The lowest BCUT2D eigenvalue weighted by Crippen LogP contribution is -2.14. The first-order valence-corrected chi connectivity index (χ1v) is 7.50. The van der Waals surface area contributed by atoms with Gasteiger partial charge in [0.2, 0.25) is 0 Å². The molecule has 2 aromatic carbocycles. The molecule has 0 radical (unpaired) electrons. The number of carbonyl (C=O) groups excluding carboxylic acids is 2. The summed E-state index contributed by atoms with van der Waals surface area (Å²) in [7, 11) is 1.23. The van der Waals surface area contributed by atoms with E-state index in [1.54, 1.807) is 23.9 Å². The van der Waals surface area contributed by atoms with Crippen molar-refractivity contribution in [2.24, 2.45) is 0 Å². The van der Waals surface area contributed by atoms with Gasteiger partial charge in [-0.3, -0.25) is 9.59 Å². The minimum Gasteiger partial charge on any atom is -0.469 e. The minimum absolute atomic E-state index is 0.392. The van der Waals surface area contributed by atoms with Crippen LogP contribution in [0.4, 0.5) is 0 Å². The molecule has 0 amide bonds. The van der Waals surface area contributed by atoms with Gasteiger partial charge in [0.15, 0.2) is 0 Å². The number of esters is 2. The Hall–Kier alpha value is -2.27. The largest absolute Gasteiger partial charge is 0.469 e. The third-order valence-corrected chi connectivity index (χ3v) is 3.84. The molecule has 0 aliphatic carbocycles. The maximum absolute atomic E-state index is 11.5. The van der Waals surface area contributed by atoms with E-state index in [0.29, 0.717) is 5.75 Å². The van der Waals surface area contributed by atoms with Crippen molar-refractivity contribution in [2.75, 3.05) is 7.11 Å². The predicted molar refractivity (Wildman–Crippen MR) is 84.0 cm³/mol. The molecule has 0 spiro atoms. The number of rotatable bonds is 5. The normalized spacial score (nSPS) is 10.1. The lowest BCUT2D eigenvalue weighted by atomic mass is 10.2. The fourth-order valence-corrected chi connectivity index (χ4v) is 2.49. The van der Waals surface area contributed by atoms with E-state index in [9.17, 15) is 9.59 Å². The molecule has 0 saturated heterocycles. The number of benzene rings is 2. The highest BCUT2D eigenvalue weighted by atomic mass is 32.2. The minimum atomic E-state index is -0.634. The fourth-order valence-electron chi connectivity index (χ4n) is 1.68. The highest BCUT2D eigenvalue weighted by Crippen LogP contribution is 2.29. The monoisotopic (exact) mass is 316 g/mol. The van der Waals surface area contributed by atoms with Crippen molar-refractivity contribution in [1.29, 1.82) is 0 Å². The standard InChI is InChI=1S/C17H16O4S/c1-12-3-7-14(8-4-12)22-15-9-5-13(6-10-15)21-17(19)11-16(18)20-2/h3-10H,11H2,1-2H3. The van der Waals surface area contributed by atoms with E-state index in [1.165, 1.54) is 12.7 Å². The number of methoxy groups -OCH3 is 1. The molecule has 5 heteroatoms. The quantitative estimate of drug-likeness (QED) is 0.479. The van der Waals surface area contributed by atoms with Crippen molar-refractivity contribution < 1.29 is 19.1 Å². The Morgan fingerprint density at radius 1 is 0.909 bits per heavy atom. The molecule has 0 unspecified atom stereocenters. The van der Waals surface area contributed by atoms with Crippen LogP contribution in [0.3, 0.4) is 0 Å². The summed E-state index contributed by atoms with van der Waals surface area (Å²) >= 11 is 1.62. The third kappa shape index (κ3) is 4.93. The second-order valence-corrected chi connectivity index (χ2v) is 5.76. The van der Waals surface area contributed by atoms with Crippen LogP contribution in [0.25, 0.3) is 0 Å². The second kappa shape index (κ2) is 7.66. The Balaban J connectivity index is 1.94. The van der Waals surface area contributed by atoms with Crippen LogP contribution in [0.1, 0.15) is 12.0 Å². The lowest BCUT2D eigenvalue weighted by Gasteiger charge is -2.05. The zero-order valence-electron chi connectivity index (χ0n) is 12.4. The number of aryl methyl sites for hydroxylation is 1. The van der Waals surface area contributed by atoms with Gasteiger partial charge in [0.05, 0.1) is 7.11 Å². The van der Waals surface area contributed by atoms with Crippen molar-refractivity contribution in [3.05, 3.63) is 54.1 Å². The third-order valence-electron chi connectivity index (χ3n) is 2.83. The number of carbonyl (C=O) groups is 2. The Morgan fingerprint density at radius 3 is 2.00 bits per heavy atom. The van der Waals surface area contributed by atoms with Crippen LogP contribution in [0, 0.1) is 6.92 Å². The van der Waals surface area contributed by atoms with Crippen LogP contribution in [-0.4, -0.2) is 19.0 Å². The molecule has 2 rings (SSSR count). The van der Waals surface area contributed by atoms with E-state index in [2.05, 4.69) is 29.0 Å². The van der Waals surface area contributed by atoms with Gasteiger partial charge >= 0.3 is 11.9 Å².